The lowest BCUT2D eigenvalue weighted by molar-refractivity contribution is 0.0983. The maximum absolute atomic E-state index is 12.2. The van der Waals surface area contributed by atoms with E-state index in [2.05, 4.69) is 0 Å². The number of ketones is 1. The van der Waals surface area contributed by atoms with Crippen molar-refractivity contribution < 1.29 is 9.53 Å². The monoisotopic (exact) mass is 276 g/mol. The molecule has 3 heteroatoms. The summed E-state index contributed by atoms with van der Waals surface area (Å²) in [6.07, 6.45) is 1.20. The number of rotatable bonds is 6. The second-order valence-corrected chi connectivity index (χ2v) is 4.68. The van der Waals surface area contributed by atoms with Crippen LogP contribution in [-0.2, 0) is 0 Å². The van der Waals surface area contributed by atoms with Crippen LogP contribution < -0.4 is 4.74 Å². The molecule has 100 valence electrons. The Hall–Kier alpha value is -1.54. The van der Waals surface area contributed by atoms with Crippen molar-refractivity contribution >= 4 is 28.2 Å². The van der Waals surface area contributed by atoms with E-state index in [0.29, 0.717) is 25.3 Å². The van der Waals surface area contributed by atoms with Crippen LogP contribution in [0.2, 0.25) is 0 Å². The summed E-state index contributed by atoms with van der Waals surface area (Å²) in [4.78, 5) is 12.2. The molecule has 0 bridgehead atoms. The van der Waals surface area contributed by atoms with Crippen LogP contribution in [0.5, 0.6) is 5.75 Å². The predicted octanol–water partition coefficient (Wildman–Crippen LogP) is 4.44. The molecule has 0 amide bonds. The van der Waals surface area contributed by atoms with E-state index in [9.17, 15) is 4.79 Å². The van der Waals surface area contributed by atoms with Crippen molar-refractivity contribution in [2.45, 2.75) is 19.8 Å². The van der Waals surface area contributed by atoms with E-state index in [1.54, 1.807) is 0 Å². The van der Waals surface area contributed by atoms with Crippen molar-refractivity contribution in [1.29, 1.82) is 0 Å². The Labute approximate surface area is 118 Å². The molecule has 0 heterocycles. The first-order chi connectivity index (χ1) is 9.27. The molecular formula is C16H17ClO2. The van der Waals surface area contributed by atoms with Gasteiger partial charge in [-0.15, -0.1) is 11.6 Å². The van der Waals surface area contributed by atoms with Gasteiger partial charge in [0, 0.05) is 23.3 Å². The van der Waals surface area contributed by atoms with Gasteiger partial charge in [0.15, 0.2) is 5.78 Å². The molecule has 0 unspecified atom stereocenters. The molecule has 0 spiro atoms. The van der Waals surface area contributed by atoms with Gasteiger partial charge in [-0.05, 0) is 30.9 Å². The second-order valence-electron chi connectivity index (χ2n) is 4.31. The zero-order chi connectivity index (χ0) is 13.7. The summed E-state index contributed by atoms with van der Waals surface area (Å²) in [6.45, 7) is 2.57. The van der Waals surface area contributed by atoms with Gasteiger partial charge in [-0.1, -0.05) is 24.3 Å². The number of Topliss-reactive ketones (excluding diaryl/α,β-unsaturated/α-hetero) is 1. The number of hydrogen-bond donors (Lipinski definition) is 0. The highest BCUT2D eigenvalue weighted by Crippen LogP contribution is 2.29. The molecule has 2 aromatic rings. The van der Waals surface area contributed by atoms with Crippen LogP contribution in [0.25, 0.3) is 10.8 Å². The molecule has 0 radical (unpaired) electrons. The van der Waals surface area contributed by atoms with E-state index in [4.69, 9.17) is 16.3 Å². The van der Waals surface area contributed by atoms with Gasteiger partial charge in [0.25, 0.3) is 0 Å². The first kappa shape index (κ1) is 13.9. The topological polar surface area (TPSA) is 26.3 Å². The van der Waals surface area contributed by atoms with Crippen LogP contribution in [0, 0.1) is 0 Å². The summed E-state index contributed by atoms with van der Waals surface area (Å²) in [6, 6.07) is 11.6. The lowest BCUT2D eigenvalue weighted by Crippen LogP contribution is -2.02. The average Bonchev–Trinajstić information content (AvgIpc) is 2.45. The molecule has 0 aliphatic rings. The Kier molecular flexibility index (Phi) is 4.80. The van der Waals surface area contributed by atoms with Crippen LogP contribution in [0.3, 0.4) is 0 Å². The third-order valence-corrected chi connectivity index (χ3v) is 3.29. The molecule has 0 aliphatic heterocycles. The molecule has 2 aromatic carbocycles. The van der Waals surface area contributed by atoms with E-state index >= 15 is 0 Å². The average molecular weight is 277 g/mol. The van der Waals surface area contributed by atoms with Crippen molar-refractivity contribution in [2.75, 3.05) is 12.5 Å². The first-order valence-electron chi connectivity index (χ1n) is 6.51. The smallest absolute Gasteiger partial charge is 0.163 e. The maximum atomic E-state index is 12.2. The van der Waals surface area contributed by atoms with Crippen LogP contribution in [0.15, 0.2) is 36.4 Å². The summed E-state index contributed by atoms with van der Waals surface area (Å²) in [5.74, 6) is 1.48. The highest BCUT2D eigenvalue weighted by Gasteiger charge is 2.12. The number of fused-ring (bicyclic) bond motifs is 1. The van der Waals surface area contributed by atoms with Gasteiger partial charge in [-0.3, -0.25) is 4.79 Å². The minimum Gasteiger partial charge on any atom is -0.493 e. The number of carbonyl (C=O) groups is 1. The summed E-state index contributed by atoms with van der Waals surface area (Å²) >= 11 is 5.65. The molecule has 0 fully saturated rings. The summed E-state index contributed by atoms with van der Waals surface area (Å²) in [5.41, 5.74) is 0.754. The van der Waals surface area contributed by atoms with Crippen molar-refractivity contribution in [1.82, 2.24) is 0 Å². The SMILES string of the molecule is CCOc1ccc(C(=O)CCCCl)c2ccccc12. The van der Waals surface area contributed by atoms with E-state index < -0.39 is 0 Å². The Morgan fingerprint density at radius 1 is 1.16 bits per heavy atom. The summed E-state index contributed by atoms with van der Waals surface area (Å²) in [5, 5.41) is 1.94. The quantitative estimate of drug-likeness (QED) is 0.576. The normalized spacial score (nSPS) is 10.6. The molecule has 19 heavy (non-hydrogen) atoms. The second kappa shape index (κ2) is 6.58. The van der Waals surface area contributed by atoms with E-state index in [-0.39, 0.29) is 5.78 Å². The van der Waals surface area contributed by atoms with E-state index in [0.717, 1.165) is 22.1 Å². The number of benzene rings is 2. The maximum Gasteiger partial charge on any atom is 0.163 e. The van der Waals surface area contributed by atoms with Crippen molar-refractivity contribution in [3.05, 3.63) is 42.0 Å². The van der Waals surface area contributed by atoms with Gasteiger partial charge in [-0.25, -0.2) is 0 Å². The van der Waals surface area contributed by atoms with Gasteiger partial charge in [-0.2, -0.15) is 0 Å². The first-order valence-corrected chi connectivity index (χ1v) is 7.05. The van der Waals surface area contributed by atoms with Crippen LogP contribution in [0.4, 0.5) is 0 Å². The fraction of sp³-hybridized carbons (Fsp3) is 0.312. The summed E-state index contributed by atoms with van der Waals surface area (Å²) in [7, 11) is 0. The standard InChI is InChI=1S/C16H17ClO2/c1-2-19-16-10-9-13(15(18)8-5-11-17)12-6-3-4-7-14(12)16/h3-4,6-7,9-10H,2,5,8,11H2,1H3. The zero-order valence-corrected chi connectivity index (χ0v) is 11.7. The van der Waals surface area contributed by atoms with Gasteiger partial charge >= 0.3 is 0 Å². The van der Waals surface area contributed by atoms with Crippen molar-refractivity contribution in [2.24, 2.45) is 0 Å². The van der Waals surface area contributed by atoms with Gasteiger partial charge < -0.3 is 4.74 Å². The lowest BCUT2D eigenvalue weighted by Gasteiger charge is -2.10. The third kappa shape index (κ3) is 3.07. The van der Waals surface area contributed by atoms with E-state index in [1.165, 1.54) is 0 Å². The zero-order valence-electron chi connectivity index (χ0n) is 11.0. The number of ether oxygens (including phenoxy) is 1. The van der Waals surface area contributed by atoms with Gasteiger partial charge in [0.05, 0.1) is 6.61 Å². The number of hydrogen-bond acceptors (Lipinski definition) is 2. The van der Waals surface area contributed by atoms with E-state index in [1.807, 2.05) is 43.3 Å². The van der Waals surface area contributed by atoms with Gasteiger partial charge in [0.2, 0.25) is 0 Å². The third-order valence-electron chi connectivity index (χ3n) is 3.02. The van der Waals surface area contributed by atoms with Crippen molar-refractivity contribution in [3.63, 3.8) is 0 Å². The van der Waals surface area contributed by atoms with Gasteiger partial charge in [0.1, 0.15) is 5.75 Å². The Bertz CT molecular complexity index is 578. The number of alkyl halides is 1. The Morgan fingerprint density at radius 3 is 2.58 bits per heavy atom. The molecule has 2 nitrogen and oxygen atoms in total. The molecule has 2 rings (SSSR count). The number of carbonyl (C=O) groups excluding carboxylic acids is 1. The minimum atomic E-state index is 0.139. The largest absolute Gasteiger partial charge is 0.493 e. The molecule has 0 saturated carbocycles. The van der Waals surface area contributed by atoms with Crippen LogP contribution in [-0.4, -0.2) is 18.3 Å². The number of halogens is 1. The molecular weight excluding hydrogens is 260 g/mol. The highest BCUT2D eigenvalue weighted by atomic mass is 35.5. The lowest BCUT2D eigenvalue weighted by atomic mass is 9.98. The van der Waals surface area contributed by atoms with Crippen molar-refractivity contribution in [3.8, 4) is 5.75 Å². The Morgan fingerprint density at radius 2 is 1.89 bits per heavy atom. The minimum absolute atomic E-state index is 0.139. The fourth-order valence-electron chi connectivity index (χ4n) is 2.16. The fourth-order valence-corrected chi connectivity index (χ4v) is 2.29. The molecule has 0 aromatic heterocycles. The Balaban J connectivity index is 2.46. The molecule has 0 N–H and O–H groups in total. The molecule has 0 saturated heterocycles. The summed E-state index contributed by atoms with van der Waals surface area (Å²) < 4.78 is 5.60. The molecule has 0 aliphatic carbocycles. The van der Waals surface area contributed by atoms with Crippen LogP contribution in [0.1, 0.15) is 30.1 Å². The molecule has 0 atom stereocenters. The highest BCUT2D eigenvalue weighted by molar-refractivity contribution is 6.18. The van der Waals surface area contributed by atoms with Crippen LogP contribution >= 0.6 is 11.6 Å². The predicted molar refractivity (Wildman–Crippen MR) is 79.4 cm³/mol.